The molecule has 0 unspecified atom stereocenters. The van der Waals surface area contributed by atoms with E-state index in [-0.39, 0.29) is 12.4 Å². The molecule has 0 spiro atoms. The highest BCUT2D eigenvalue weighted by Crippen LogP contribution is 2.28. The van der Waals surface area contributed by atoms with Gasteiger partial charge in [0.2, 0.25) is 5.78 Å². The maximum Gasteiger partial charge on any atom is 0.202 e. The fourth-order valence-electron chi connectivity index (χ4n) is 3.18. The summed E-state index contributed by atoms with van der Waals surface area (Å²) in [5.74, 6) is 0.802. The molecule has 2 aromatic heterocycles. The van der Waals surface area contributed by atoms with Gasteiger partial charge in [-0.15, -0.1) is 11.3 Å². The van der Waals surface area contributed by atoms with Gasteiger partial charge in [-0.25, -0.2) is 0 Å². The van der Waals surface area contributed by atoms with Gasteiger partial charge in [0.05, 0.1) is 18.7 Å². The zero-order chi connectivity index (χ0) is 20.1. The molecule has 0 atom stereocenters. The molecule has 3 rings (SSSR count). The van der Waals surface area contributed by atoms with Crippen molar-refractivity contribution in [2.24, 2.45) is 0 Å². The largest absolute Gasteiger partial charge is 0.493 e. The lowest BCUT2D eigenvalue weighted by Gasteiger charge is -2.11. The van der Waals surface area contributed by atoms with Gasteiger partial charge < -0.3 is 14.0 Å². The summed E-state index contributed by atoms with van der Waals surface area (Å²) in [6.07, 6.45) is 0.945. The van der Waals surface area contributed by atoms with Gasteiger partial charge in [-0.05, 0) is 49.9 Å². The van der Waals surface area contributed by atoms with E-state index in [1.165, 1.54) is 12.0 Å². The van der Waals surface area contributed by atoms with Crippen LogP contribution in [0.1, 0.15) is 32.2 Å². The average Bonchev–Trinajstić information content (AvgIpc) is 3.32. The molecule has 0 N–H and O–H groups in total. The number of aryl methyl sites for hydroxylation is 2. The van der Waals surface area contributed by atoms with Gasteiger partial charge in [-0.1, -0.05) is 6.07 Å². The minimum Gasteiger partial charge on any atom is -0.493 e. The van der Waals surface area contributed by atoms with Crippen LogP contribution in [-0.4, -0.2) is 24.1 Å². The van der Waals surface area contributed by atoms with E-state index in [2.05, 4.69) is 28.1 Å². The van der Waals surface area contributed by atoms with Crippen molar-refractivity contribution in [3.8, 4) is 17.6 Å². The van der Waals surface area contributed by atoms with Gasteiger partial charge >= 0.3 is 0 Å². The minimum atomic E-state index is -0.0858. The van der Waals surface area contributed by atoms with Crippen LogP contribution < -0.4 is 9.47 Å². The van der Waals surface area contributed by atoms with Gasteiger partial charge in [-0.2, -0.15) is 5.26 Å². The molecule has 144 valence electrons. The lowest BCUT2D eigenvalue weighted by Crippen LogP contribution is -2.13. The summed E-state index contributed by atoms with van der Waals surface area (Å²) in [5, 5.41) is 11.1. The minimum absolute atomic E-state index is 0.0816. The van der Waals surface area contributed by atoms with Crippen LogP contribution in [0.3, 0.4) is 0 Å². The van der Waals surface area contributed by atoms with Crippen molar-refractivity contribution < 1.29 is 14.3 Å². The second-order valence-electron chi connectivity index (χ2n) is 6.46. The Morgan fingerprint density at radius 3 is 2.71 bits per heavy atom. The maximum absolute atomic E-state index is 12.7. The molecule has 0 fully saturated rings. The van der Waals surface area contributed by atoms with Gasteiger partial charge in [0, 0.05) is 34.4 Å². The first-order valence-corrected chi connectivity index (χ1v) is 9.84. The lowest BCUT2D eigenvalue weighted by atomic mass is 10.1. The number of thiophene rings is 1. The number of methoxy groups -OCH3 is 1. The van der Waals surface area contributed by atoms with Gasteiger partial charge in [0.1, 0.15) is 0 Å². The molecule has 0 aliphatic heterocycles. The van der Waals surface area contributed by atoms with Gasteiger partial charge in [0.25, 0.3) is 0 Å². The summed E-state index contributed by atoms with van der Waals surface area (Å²) in [4.78, 5) is 14.1. The molecule has 0 aliphatic rings. The van der Waals surface area contributed by atoms with Crippen molar-refractivity contribution in [2.75, 3.05) is 13.7 Å². The van der Waals surface area contributed by atoms with Crippen molar-refractivity contribution in [1.82, 2.24) is 4.57 Å². The first kappa shape index (κ1) is 19.7. The summed E-state index contributed by atoms with van der Waals surface area (Å²) >= 11 is 1.75. The summed E-state index contributed by atoms with van der Waals surface area (Å²) < 4.78 is 13.1. The van der Waals surface area contributed by atoms with Gasteiger partial charge in [0.15, 0.2) is 18.1 Å². The summed E-state index contributed by atoms with van der Waals surface area (Å²) in [7, 11) is 1.51. The molecule has 0 aliphatic carbocycles. The molecular formula is C22H22N2O3S. The average molecular weight is 394 g/mol. The number of aromatic nitrogens is 1. The van der Waals surface area contributed by atoms with E-state index in [1.807, 2.05) is 19.9 Å². The lowest BCUT2D eigenvalue weighted by molar-refractivity contribution is 0.0918. The van der Waals surface area contributed by atoms with Gasteiger partial charge in [-0.3, -0.25) is 4.79 Å². The van der Waals surface area contributed by atoms with Crippen LogP contribution in [0.15, 0.2) is 41.8 Å². The Balaban J connectivity index is 1.69. The van der Waals surface area contributed by atoms with Crippen LogP contribution >= 0.6 is 11.3 Å². The maximum atomic E-state index is 12.7. The number of rotatable bonds is 8. The van der Waals surface area contributed by atoms with Crippen molar-refractivity contribution in [3.63, 3.8) is 0 Å². The molecule has 28 heavy (non-hydrogen) atoms. The number of ketones is 1. The van der Waals surface area contributed by atoms with E-state index < -0.39 is 0 Å². The van der Waals surface area contributed by atoms with E-state index >= 15 is 0 Å². The number of Topliss-reactive ketones (excluding diaryl/α,β-unsaturated/α-hetero) is 1. The SMILES string of the molecule is COc1cc(C#N)ccc1OCC(=O)c1cc(C)n(CCc2cccs2)c1C. The molecule has 6 heteroatoms. The monoisotopic (exact) mass is 394 g/mol. The predicted octanol–water partition coefficient (Wildman–Crippen LogP) is 4.55. The van der Waals surface area contributed by atoms with E-state index in [0.29, 0.717) is 22.6 Å². The van der Waals surface area contributed by atoms with Crippen molar-refractivity contribution in [1.29, 1.82) is 5.26 Å². The molecule has 0 radical (unpaired) electrons. The van der Waals surface area contributed by atoms with Crippen LogP contribution in [0.5, 0.6) is 11.5 Å². The van der Waals surface area contributed by atoms with Crippen LogP contribution in [0, 0.1) is 25.2 Å². The van der Waals surface area contributed by atoms with Crippen LogP contribution in [0.4, 0.5) is 0 Å². The number of carbonyl (C=O) groups is 1. The smallest absolute Gasteiger partial charge is 0.202 e. The van der Waals surface area contributed by atoms with Crippen molar-refractivity contribution >= 4 is 17.1 Å². The highest BCUT2D eigenvalue weighted by Gasteiger charge is 2.17. The summed E-state index contributed by atoms with van der Waals surface area (Å²) in [5.41, 5.74) is 3.17. The molecule has 0 saturated carbocycles. The Morgan fingerprint density at radius 2 is 2.04 bits per heavy atom. The third-order valence-electron chi connectivity index (χ3n) is 4.69. The topological polar surface area (TPSA) is 64.2 Å². The van der Waals surface area contributed by atoms with Crippen LogP contribution in [-0.2, 0) is 13.0 Å². The first-order valence-electron chi connectivity index (χ1n) is 8.96. The summed E-state index contributed by atoms with van der Waals surface area (Å²) in [6, 6.07) is 13.0. The summed E-state index contributed by atoms with van der Waals surface area (Å²) in [6.45, 7) is 4.74. The van der Waals surface area contributed by atoms with E-state index in [0.717, 1.165) is 24.4 Å². The number of nitrogens with zero attached hydrogens (tertiary/aromatic N) is 2. The van der Waals surface area contributed by atoms with Crippen LogP contribution in [0.2, 0.25) is 0 Å². The molecular weight excluding hydrogens is 372 g/mol. The number of hydrogen-bond acceptors (Lipinski definition) is 5. The third kappa shape index (κ3) is 4.26. The quantitative estimate of drug-likeness (QED) is 0.526. The molecule has 3 aromatic rings. The Kier molecular flexibility index (Phi) is 6.17. The fourth-order valence-corrected chi connectivity index (χ4v) is 3.88. The Labute approximate surface area is 168 Å². The van der Waals surface area contributed by atoms with Crippen molar-refractivity contribution in [3.05, 3.63) is 69.2 Å². The fraction of sp³-hybridized carbons (Fsp3) is 0.273. The normalized spacial score (nSPS) is 10.5. The highest BCUT2D eigenvalue weighted by atomic mass is 32.1. The first-order chi connectivity index (χ1) is 13.5. The zero-order valence-electron chi connectivity index (χ0n) is 16.2. The number of benzene rings is 1. The third-order valence-corrected chi connectivity index (χ3v) is 5.62. The Hall–Kier alpha value is -3.04. The van der Waals surface area contributed by atoms with E-state index in [4.69, 9.17) is 14.7 Å². The Bertz CT molecular complexity index is 1010. The number of nitriles is 1. The molecule has 5 nitrogen and oxygen atoms in total. The van der Waals surface area contributed by atoms with Crippen LogP contribution in [0.25, 0.3) is 0 Å². The number of hydrogen-bond donors (Lipinski definition) is 0. The number of ether oxygens (including phenoxy) is 2. The predicted molar refractivity (Wildman–Crippen MR) is 109 cm³/mol. The molecule has 0 amide bonds. The second kappa shape index (κ2) is 8.77. The molecule has 2 heterocycles. The Morgan fingerprint density at radius 1 is 1.21 bits per heavy atom. The molecule has 0 saturated heterocycles. The van der Waals surface area contributed by atoms with Crippen molar-refractivity contribution in [2.45, 2.75) is 26.8 Å². The van der Waals surface area contributed by atoms with E-state index in [9.17, 15) is 4.79 Å². The molecule has 1 aromatic carbocycles. The highest BCUT2D eigenvalue weighted by molar-refractivity contribution is 7.09. The number of carbonyl (C=O) groups excluding carboxylic acids is 1. The molecule has 0 bridgehead atoms. The second-order valence-corrected chi connectivity index (χ2v) is 7.49. The van der Waals surface area contributed by atoms with E-state index in [1.54, 1.807) is 29.5 Å². The zero-order valence-corrected chi connectivity index (χ0v) is 17.0. The standard InChI is InChI=1S/C22H22N2O3S/c1-15-11-19(16(2)24(15)9-8-18-5-4-10-28-18)20(25)14-27-21-7-6-17(13-23)12-22(21)26-3/h4-7,10-12H,8-9,14H2,1-3H3.